The van der Waals surface area contributed by atoms with Gasteiger partial charge in [-0.1, -0.05) is 17.7 Å². The van der Waals surface area contributed by atoms with Crippen LogP contribution in [0.15, 0.2) is 30.6 Å². The fourth-order valence-electron chi connectivity index (χ4n) is 1.21. The molecular formula is C10H7ClFN3. The van der Waals surface area contributed by atoms with Gasteiger partial charge in [-0.25, -0.2) is 9.37 Å². The predicted octanol–water partition coefficient (Wildman–Crippen LogP) is 2.52. The molecule has 1 heterocycles. The molecule has 5 heteroatoms. The topological polar surface area (TPSA) is 51.8 Å². The molecule has 3 nitrogen and oxygen atoms in total. The Kier molecular flexibility index (Phi) is 2.51. The molecule has 0 aliphatic rings. The Hall–Kier alpha value is -1.68. The normalized spacial score (nSPS) is 10.3. The van der Waals surface area contributed by atoms with Crippen LogP contribution in [-0.2, 0) is 0 Å². The Morgan fingerprint density at radius 3 is 2.60 bits per heavy atom. The van der Waals surface area contributed by atoms with Crippen LogP contribution in [0.1, 0.15) is 0 Å². The van der Waals surface area contributed by atoms with Crippen LogP contribution in [0.5, 0.6) is 0 Å². The van der Waals surface area contributed by atoms with Crippen molar-refractivity contribution in [3.8, 4) is 11.3 Å². The van der Waals surface area contributed by atoms with E-state index < -0.39 is 5.82 Å². The highest BCUT2D eigenvalue weighted by atomic mass is 35.5. The molecule has 1 aromatic heterocycles. The van der Waals surface area contributed by atoms with Crippen LogP contribution in [0.4, 0.5) is 10.2 Å². The lowest BCUT2D eigenvalue weighted by Gasteiger charge is -2.03. The van der Waals surface area contributed by atoms with Crippen molar-refractivity contribution < 1.29 is 4.39 Å². The second kappa shape index (κ2) is 3.82. The molecule has 0 aliphatic heterocycles. The SMILES string of the molecule is Nc1nccnc1-c1ccc(Cl)c(F)c1. The number of benzene rings is 1. The number of anilines is 1. The maximum atomic E-state index is 13.2. The van der Waals surface area contributed by atoms with Gasteiger partial charge in [-0.05, 0) is 12.1 Å². The Morgan fingerprint density at radius 1 is 1.20 bits per heavy atom. The average molecular weight is 224 g/mol. The third-order valence-electron chi connectivity index (χ3n) is 1.92. The van der Waals surface area contributed by atoms with Crippen LogP contribution in [0, 0.1) is 5.82 Å². The quantitative estimate of drug-likeness (QED) is 0.808. The molecule has 1 aromatic carbocycles. The first-order chi connectivity index (χ1) is 7.18. The molecule has 0 aliphatic carbocycles. The molecule has 76 valence electrons. The van der Waals surface area contributed by atoms with Crippen LogP contribution < -0.4 is 5.73 Å². The van der Waals surface area contributed by atoms with Crippen LogP contribution >= 0.6 is 11.6 Å². The van der Waals surface area contributed by atoms with Crippen LogP contribution in [0.2, 0.25) is 5.02 Å². The van der Waals surface area contributed by atoms with E-state index in [9.17, 15) is 4.39 Å². The van der Waals surface area contributed by atoms with Gasteiger partial charge in [0.15, 0.2) is 0 Å². The largest absolute Gasteiger partial charge is 0.382 e. The average Bonchev–Trinajstić information content (AvgIpc) is 2.23. The molecule has 0 amide bonds. The smallest absolute Gasteiger partial charge is 0.149 e. The first-order valence-corrected chi connectivity index (χ1v) is 4.58. The van der Waals surface area contributed by atoms with E-state index in [2.05, 4.69) is 9.97 Å². The molecule has 0 unspecified atom stereocenters. The molecule has 0 saturated carbocycles. The lowest BCUT2D eigenvalue weighted by molar-refractivity contribution is 0.628. The van der Waals surface area contributed by atoms with Crippen molar-refractivity contribution in [2.24, 2.45) is 0 Å². The highest BCUT2D eigenvalue weighted by Gasteiger charge is 2.07. The molecule has 0 radical (unpaired) electrons. The highest BCUT2D eigenvalue weighted by molar-refractivity contribution is 6.30. The van der Waals surface area contributed by atoms with Crippen LogP contribution in [0.25, 0.3) is 11.3 Å². The lowest BCUT2D eigenvalue weighted by Crippen LogP contribution is -1.96. The minimum atomic E-state index is -0.501. The zero-order valence-corrected chi connectivity index (χ0v) is 8.37. The van der Waals surface area contributed by atoms with Crippen LogP contribution in [0.3, 0.4) is 0 Å². The summed E-state index contributed by atoms with van der Waals surface area (Å²) in [6.07, 6.45) is 2.98. The number of nitrogen functional groups attached to an aromatic ring is 1. The number of nitrogens with zero attached hydrogens (tertiary/aromatic N) is 2. The molecule has 0 bridgehead atoms. The summed E-state index contributed by atoms with van der Waals surface area (Å²) in [7, 11) is 0. The number of halogens is 2. The first-order valence-electron chi connectivity index (χ1n) is 4.20. The van der Waals surface area contributed by atoms with Gasteiger partial charge >= 0.3 is 0 Å². The third kappa shape index (κ3) is 1.89. The number of rotatable bonds is 1. The number of hydrogen-bond acceptors (Lipinski definition) is 3. The zero-order chi connectivity index (χ0) is 10.8. The predicted molar refractivity (Wildman–Crippen MR) is 56.8 cm³/mol. The van der Waals surface area contributed by atoms with E-state index in [1.54, 1.807) is 6.07 Å². The second-order valence-electron chi connectivity index (χ2n) is 2.92. The summed E-state index contributed by atoms with van der Waals surface area (Å²) in [6.45, 7) is 0. The van der Waals surface area contributed by atoms with Gasteiger partial charge in [-0.3, -0.25) is 4.98 Å². The van der Waals surface area contributed by atoms with E-state index >= 15 is 0 Å². The molecule has 0 atom stereocenters. The number of hydrogen-bond donors (Lipinski definition) is 1. The van der Waals surface area contributed by atoms with E-state index in [0.717, 1.165) is 0 Å². The van der Waals surface area contributed by atoms with Crippen molar-refractivity contribution in [1.29, 1.82) is 0 Å². The maximum absolute atomic E-state index is 13.2. The summed E-state index contributed by atoms with van der Waals surface area (Å²) in [5.74, 6) is -0.238. The summed E-state index contributed by atoms with van der Waals surface area (Å²) in [5.41, 5.74) is 6.62. The van der Waals surface area contributed by atoms with E-state index in [0.29, 0.717) is 11.3 Å². The summed E-state index contributed by atoms with van der Waals surface area (Å²) < 4.78 is 13.2. The third-order valence-corrected chi connectivity index (χ3v) is 2.23. The van der Waals surface area contributed by atoms with Gasteiger partial charge in [-0.2, -0.15) is 0 Å². The van der Waals surface area contributed by atoms with Crippen molar-refractivity contribution in [2.45, 2.75) is 0 Å². The Balaban J connectivity index is 2.55. The van der Waals surface area contributed by atoms with Gasteiger partial charge in [0.1, 0.15) is 17.3 Å². The molecule has 15 heavy (non-hydrogen) atoms. The molecule has 0 spiro atoms. The Labute approximate surface area is 90.7 Å². The standard InChI is InChI=1S/C10H7ClFN3/c11-7-2-1-6(5-8(7)12)9-10(13)15-4-3-14-9/h1-5H,(H2,13,15). The van der Waals surface area contributed by atoms with Crippen molar-refractivity contribution in [1.82, 2.24) is 9.97 Å². The van der Waals surface area contributed by atoms with Gasteiger partial charge in [-0.15, -0.1) is 0 Å². The van der Waals surface area contributed by atoms with Gasteiger partial charge in [0, 0.05) is 18.0 Å². The second-order valence-corrected chi connectivity index (χ2v) is 3.33. The van der Waals surface area contributed by atoms with Gasteiger partial charge in [0.2, 0.25) is 0 Å². The van der Waals surface area contributed by atoms with Gasteiger partial charge in [0.05, 0.1) is 5.02 Å². The highest BCUT2D eigenvalue weighted by Crippen LogP contribution is 2.25. The van der Waals surface area contributed by atoms with Crippen molar-refractivity contribution in [3.05, 3.63) is 41.4 Å². The van der Waals surface area contributed by atoms with E-state index in [1.165, 1.54) is 24.5 Å². The monoisotopic (exact) mass is 223 g/mol. The summed E-state index contributed by atoms with van der Waals surface area (Å²) in [4.78, 5) is 7.89. The van der Waals surface area contributed by atoms with E-state index in [1.807, 2.05) is 0 Å². The van der Waals surface area contributed by atoms with Gasteiger partial charge in [0.25, 0.3) is 0 Å². The first kappa shape index (κ1) is 9.86. The van der Waals surface area contributed by atoms with E-state index in [4.69, 9.17) is 17.3 Å². The summed E-state index contributed by atoms with van der Waals surface area (Å²) in [6, 6.07) is 4.38. The van der Waals surface area contributed by atoms with Crippen LogP contribution in [-0.4, -0.2) is 9.97 Å². The Bertz CT molecular complexity index is 502. The summed E-state index contributed by atoms with van der Waals surface area (Å²) in [5, 5.41) is 0.0706. The summed E-state index contributed by atoms with van der Waals surface area (Å²) >= 11 is 5.57. The van der Waals surface area contributed by atoms with Crippen molar-refractivity contribution in [2.75, 3.05) is 5.73 Å². The zero-order valence-electron chi connectivity index (χ0n) is 7.61. The van der Waals surface area contributed by atoms with Crippen molar-refractivity contribution >= 4 is 17.4 Å². The van der Waals surface area contributed by atoms with Gasteiger partial charge < -0.3 is 5.73 Å². The molecule has 2 aromatic rings. The minimum Gasteiger partial charge on any atom is -0.382 e. The fourth-order valence-corrected chi connectivity index (χ4v) is 1.33. The molecule has 0 fully saturated rings. The van der Waals surface area contributed by atoms with E-state index in [-0.39, 0.29) is 10.8 Å². The molecule has 2 N–H and O–H groups in total. The molecule has 2 rings (SSSR count). The lowest BCUT2D eigenvalue weighted by atomic mass is 10.1. The molecular weight excluding hydrogens is 217 g/mol. The number of aromatic nitrogens is 2. The maximum Gasteiger partial charge on any atom is 0.149 e. The van der Waals surface area contributed by atoms with Crippen molar-refractivity contribution in [3.63, 3.8) is 0 Å². The molecule has 0 saturated heterocycles. The Morgan fingerprint density at radius 2 is 1.93 bits per heavy atom. The fraction of sp³-hybridized carbons (Fsp3) is 0. The minimum absolute atomic E-state index is 0.0706. The number of nitrogens with two attached hydrogens (primary N) is 1.